The Kier molecular flexibility index (Phi) is 53.4. The lowest BCUT2D eigenvalue weighted by Crippen LogP contribution is -2.66. The fourth-order valence-corrected chi connectivity index (χ4v) is 16.9. The standard InChI is InChI=1S/C84H133N10O40P/c1-47(2)94-48(3)62-41-61(17-19-64(62)134-135(94)124-25-16-21-85)80(110)92-63(18-20-68(107)86-22-26-112-29-32-115-35-38-118-82-71(89-49(4)95)77(128-58(13)104)74(125-55(10)101)65(131-82)44-121-52(7)98)81(111)93(42-69(108)87-23-27-113-30-33-116-36-39-119-83-72(90-50(5)96)78(129-59(14)105)75(126-56(11)102)66(132-83)45-122-53(8)99)43-70(109)88-24-28-114-31-34-117-37-40-120-84-73(91-51(6)97)79(130-60(15)106)76(127-57(12)103)67(133-84)46-123-54(9)100/h47-48,61-67,71-79,82-84H,16-20,22-46H2,1-15H3,(H,86,107)(H,87,108)(H,88,109)(H,89,95)(H,90,96)(H,91,97)(H,92,110)/t48?,61-,62?,63?,64?,65?,66?,67?,71?,72?,73?,74?,75?,76?,77?,78?,79?,82?,83?,84?,135?/m0/s1. The number of fused-ring (bicyclic) bond motifs is 1. The van der Waals surface area contributed by atoms with E-state index in [-0.39, 0.29) is 169 Å². The second-order valence-corrected chi connectivity index (χ2v) is 33.2. The van der Waals surface area contributed by atoms with Gasteiger partial charge in [-0.25, -0.2) is 4.67 Å². The zero-order valence-corrected chi connectivity index (χ0v) is 79.9. The molecule has 0 aromatic carbocycles. The molecule has 1 saturated carbocycles. The van der Waals surface area contributed by atoms with Crippen LogP contribution in [0.3, 0.4) is 0 Å². The molecular formula is C84H133N10O40P. The molecule has 0 aromatic rings. The molecule has 764 valence electrons. The average molecular weight is 1950 g/mol. The summed E-state index contributed by atoms with van der Waals surface area (Å²) in [6.45, 7) is 15.3. The Morgan fingerprint density at radius 1 is 0.430 bits per heavy atom. The number of nitrogens with one attached hydrogen (secondary N) is 7. The van der Waals surface area contributed by atoms with Crippen LogP contribution >= 0.6 is 8.53 Å². The minimum absolute atomic E-state index is 0.00479. The monoisotopic (exact) mass is 1950 g/mol. The molecule has 1 aliphatic carbocycles. The van der Waals surface area contributed by atoms with Crippen molar-refractivity contribution in [2.75, 3.05) is 158 Å². The minimum Gasteiger partial charge on any atom is -0.463 e. The fraction of sp³-hybridized carbons (Fsp3) is 0.786. The number of ether oxygens (including phenoxy) is 21. The molecule has 135 heavy (non-hydrogen) atoms. The van der Waals surface area contributed by atoms with Crippen LogP contribution in [0.15, 0.2) is 0 Å². The van der Waals surface area contributed by atoms with Crippen molar-refractivity contribution in [3.8, 4) is 6.07 Å². The second kappa shape index (κ2) is 62.2. The van der Waals surface area contributed by atoms with E-state index in [0.717, 1.165) is 67.2 Å². The van der Waals surface area contributed by atoms with E-state index in [4.69, 9.17) is 109 Å². The highest BCUT2D eigenvalue weighted by molar-refractivity contribution is 7.44. The zero-order chi connectivity index (χ0) is 99.8. The quantitative estimate of drug-likeness (QED) is 0.0145. The van der Waals surface area contributed by atoms with Crippen LogP contribution in [0.5, 0.6) is 0 Å². The van der Waals surface area contributed by atoms with Crippen molar-refractivity contribution >= 4 is 110 Å². The first kappa shape index (κ1) is 116. The third-order valence-corrected chi connectivity index (χ3v) is 22.5. The van der Waals surface area contributed by atoms with Gasteiger partial charge in [0.25, 0.3) is 8.53 Å². The highest BCUT2D eigenvalue weighted by Crippen LogP contribution is 2.56. The van der Waals surface area contributed by atoms with Crippen LogP contribution in [-0.2, 0) is 190 Å². The third kappa shape index (κ3) is 43.3. The second-order valence-electron chi connectivity index (χ2n) is 31.8. The molecule has 21 atom stereocenters. The lowest BCUT2D eigenvalue weighted by Gasteiger charge is -2.51. The lowest BCUT2D eigenvalue weighted by atomic mass is 9.75. The molecule has 20 unspecified atom stereocenters. The molecule has 0 aromatic heterocycles. The van der Waals surface area contributed by atoms with Crippen molar-refractivity contribution in [3.63, 3.8) is 0 Å². The van der Waals surface area contributed by atoms with Crippen molar-refractivity contribution in [1.82, 2.24) is 46.8 Å². The maximum Gasteiger partial charge on any atom is 0.303 e. The van der Waals surface area contributed by atoms with Crippen LogP contribution < -0.4 is 37.2 Å². The van der Waals surface area contributed by atoms with E-state index in [1.807, 2.05) is 20.8 Å². The number of nitriles is 1. The number of amides is 8. The lowest BCUT2D eigenvalue weighted by molar-refractivity contribution is -0.279. The van der Waals surface area contributed by atoms with Crippen molar-refractivity contribution < 1.29 is 190 Å². The van der Waals surface area contributed by atoms with E-state index < -0.39 is 246 Å². The van der Waals surface area contributed by atoms with Gasteiger partial charge in [-0.2, -0.15) is 5.26 Å². The number of carbonyl (C=O) groups excluding carboxylic acids is 17. The number of hydrogen-bond donors (Lipinski definition) is 7. The average Bonchev–Trinajstić information content (AvgIpc) is 0.785. The Morgan fingerprint density at radius 3 is 1.09 bits per heavy atom. The van der Waals surface area contributed by atoms with E-state index in [1.165, 1.54) is 20.8 Å². The molecular weight excluding hydrogens is 1820 g/mol. The van der Waals surface area contributed by atoms with E-state index in [9.17, 15) is 82.0 Å². The topological polar surface area (TPSA) is 617 Å². The molecule has 7 N–H and O–H groups in total. The van der Waals surface area contributed by atoms with Crippen molar-refractivity contribution in [2.24, 2.45) is 11.8 Å². The maximum absolute atomic E-state index is 15.3. The Labute approximate surface area is 783 Å². The number of esters is 9. The molecule has 5 fully saturated rings. The Morgan fingerprint density at radius 2 is 0.763 bits per heavy atom. The summed E-state index contributed by atoms with van der Waals surface area (Å²) in [5.41, 5.74) is 0. The number of carbonyl (C=O) groups is 17. The molecule has 51 heteroatoms. The highest BCUT2D eigenvalue weighted by atomic mass is 31.2. The van der Waals surface area contributed by atoms with Crippen LogP contribution in [-0.4, -0.2) is 385 Å². The first-order chi connectivity index (χ1) is 64.2. The fourth-order valence-electron chi connectivity index (χ4n) is 15.0. The van der Waals surface area contributed by atoms with Gasteiger partial charge in [-0.3, -0.25) is 81.5 Å². The van der Waals surface area contributed by atoms with Crippen molar-refractivity contribution in [2.45, 2.75) is 259 Å². The van der Waals surface area contributed by atoms with Crippen LogP contribution in [0.4, 0.5) is 0 Å². The Hall–Kier alpha value is -9.69. The van der Waals surface area contributed by atoms with Crippen molar-refractivity contribution in [3.05, 3.63) is 0 Å². The molecule has 0 radical (unpaired) electrons. The first-order valence-electron chi connectivity index (χ1n) is 44.3. The predicted octanol–water partition coefficient (Wildman–Crippen LogP) is -2.38. The molecule has 4 aliphatic heterocycles. The van der Waals surface area contributed by atoms with Gasteiger partial charge in [0.05, 0.1) is 124 Å². The molecule has 5 rings (SSSR count). The summed E-state index contributed by atoms with van der Waals surface area (Å²) in [6.07, 6.45) is -15.7. The molecule has 0 spiro atoms. The Balaban J connectivity index is 1.27. The highest BCUT2D eigenvalue weighted by Gasteiger charge is 2.56. The van der Waals surface area contributed by atoms with E-state index in [0.29, 0.717) is 19.3 Å². The largest absolute Gasteiger partial charge is 0.463 e. The maximum atomic E-state index is 15.3. The summed E-state index contributed by atoms with van der Waals surface area (Å²) < 4.78 is 133. The van der Waals surface area contributed by atoms with Crippen LogP contribution in [0, 0.1) is 23.2 Å². The summed E-state index contributed by atoms with van der Waals surface area (Å²) in [5, 5.41) is 28.0. The van der Waals surface area contributed by atoms with Gasteiger partial charge >= 0.3 is 53.7 Å². The molecule has 0 bridgehead atoms. The number of rotatable bonds is 59. The molecule has 4 heterocycles. The van der Waals surface area contributed by atoms with E-state index in [1.54, 1.807) is 0 Å². The van der Waals surface area contributed by atoms with Crippen LogP contribution in [0.1, 0.15) is 142 Å². The molecule has 8 amide bonds. The predicted molar refractivity (Wildman–Crippen MR) is 457 cm³/mol. The van der Waals surface area contributed by atoms with Crippen molar-refractivity contribution in [1.29, 1.82) is 5.26 Å². The van der Waals surface area contributed by atoms with Crippen LogP contribution in [0.2, 0.25) is 0 Å². The summed E-state index contributed by atoms with van der Waals surface area (Å²) in [5.74, 6) is -13.1. The van der Waals surface area contributed by atoms with E-state index >= 15 is 4.79 Å². The van der Waals surface area contributed by atoms with Gasteiger partial charge in [-0.1, -0.05) is 0 Å². The van der Waals surface area contributed by atoms with Gasteiger partial charge in [-0.05, 0) is 46.5 Å². The van der Waals surface area contributed by atoms with Gasteiger partial charge in [0, 0.05) is 133 Å². The third-order valence-electron chi connectivity index (χ3n) is 20.4. The summed E-state index contributed by atoms with van der Waals surface area (Å²) in [4.78, 5) is 219. The Bertz CT molecular complexity index is 3760. The SMILES string of the molecule is CC(=O)NC1C(OCCOCCOCCNC(=O)CCC(NC(=O)[C@H]2CCC3OP(OCCC#N)N(C(C)C)C(C)C3C2)C(=O)N(CC(=O)NCCOCCOCCOC2OC(COC(C)=O)C(OC(C)=O)C(OC(C)=O)C2NC(C)=O)CC(=O)NCCOCCOCCOC2OC(COC(C)=O)C(OC(C)=O)C(OC(C)=O)C2NC(C)=O)OC(COC(C)=O)C(OC(C)=O)C1OC(C)=O. The summed E-state index contributed by atoms with van der Waals surface area (Å²) in [6, 6.07) is -3.35. The number of hydrogen-bond acceptors (Lipinski definition) is 42. The molecule has 50 nitrogen and oxygen atoms in total. The smallest absolute Gasteiger partial charge is 0.303 e. The van der Waals surface area contributed by atoms with Gasteiger partial charge in [-0.15, -0.1) is 0 Å². The summed E-state index contributed by atoms with van der Waals surface area (Å²) >= 11 is 0. The summed E-state index contributed by atoms with van der Waals surface area (Å²) in [7, 11) is -1.57. The zero-order valence-electron chi connectivity index (χ0n) is 79.0. The normalized spacial score (nSPS) is 25.5. The molecule has 4 saturated heterocycles. The van der Waals surface area contributed by atoms with Gasteiger partial charge in [0.2, 0.25) is 47.3 Å². The first-order valence-corrected chi connectivity index (χ1v) is 45.5. The molecule has 5 aliphatic rings. The van der Waals surface area contributed by atoms with E-state index in [2.05, 4.69) is 48.0 Å². The van der Waals surface area contributed by atoms with Gasteiger partial charge in [0.1, 0.15) is 75.4 Å². The van der Waals surface area contributed by atoms with Gasteiger partial charge < -0.3 is 151 Å². The number of nitrogens with zero attached hydrogens (tertiary/aromatic N) is 3. The minimum atomic E-state index is -1.57. The van der Waals surface area contributed by atoms with Gasteiger partial charge in [0.15, 0.2) is 55.5 Å². The van der Waals surface area contributed by atoms with Crippen LogP contribution in [0.25, 0.3) is 0 Å².